The van der Waals surface area contributed by atoms with Crippen LogP contribution in [0.4, 0.5) is 5.69 Å². The van der Waals surface area contributed by atoms with Crippen LogP contribution in [0.5, 0.6) is 0 Å². The van der Waals surface area contributed by atoms with Crippen LogP contribution >= 0.6 is 23.2 Å². The molecule has 0 radical (unpaired) electrons. The van der Waals surface area contributed by atoms with Gasteiger partial charge in [0, 0.05) is 30.8 Å². The molecule has 0 bridgehead atoms. The van der Waals surface area contributed by atoms with Gasteiger partial charge in [-0.15, -0.1) is 0 Å². The molecule has 142 valence electrons. The van der Waals surface area contributed by atoms with E-state index in [9.17, 15) is 9.59 Å². The first-order chi connectivity index (χ1) is 13.0. The van der Waals surface area contributed by atoms with Crippen molar-refractivity contribution in [1.29, 1.82) is 0 Å². The van der Waals surface area contributed by atoms with Gasteiger partial charge in [0.2, 0.25) is 5.91 Å². The van der Waals surface area contributed by atoms with E-state index in [2.05, 4.69) is 5.32 Å². The van der Waals surface area contributed by atoms with Gasteiger partial charge in [-0.1, -0.05) is 29.3 Å². The minimum atomic E-state index is -0.0869. The Morgan fingerprint density at radius 1 is 0.926 bits per heavy atom. The molecule has 0 aromatic heterocycles. The van der Waals surface area contributed by atoms with E-state index in [-0.39, 0.29) is 11.8 Å². The molecule has 0 saturated carbocycles. The zero-order valence-electron chi connectivity index (χ0n) is 15.0. The van der Waals surface area contributed by atoms with Crippen LogP contribution < -0.4 is 5.32 Å². The number of likely N-dealkylation sites (tertiary alicyclic amines) is 1. The molecule has 1 aliphatic rings. The first-order valence-electron chi connectivity index (χ1n) is 9.16. The molecular weight excluding hydrogens is 383 g/mol. The Labute approximate surface area is 169 Å². The van der Waals surface area contributed by atoms with Crippen LogP contribution in [-0.4, -0.2) is 29.8 Å². The Hall–Kier alpha value is -2.04. The Kier molecular flexibility index (Phi) is 6.75. The van der Waals surface area contributed by atoms with Gasteiger partial charge in [0.1, 0.15) is 0 Å². The maximum atomic E-state index is 12.5. The van der Waals surface area contributed by atoms with Gasteiger partial charge >= 0.3 is 0 Å². The second-order valence-corrected chi connectivity index (χ2v) is 7.54. The molecular formula is C21H22Cl2N2O2. The summed E-state index contributed by atoms with van der Waals surface area (Å²) in [5.41, 5.74) is 2.30. The number of aryl methyl sites for hydroxylation is 1. The highest BCUT2D eigenvalue weighted by atomic mass is 35.5. The highest BCUT2D eigenvalue weighted by Gasteiger charge is 2.18. The minimum Gasteiger partial charge on any atom is -0.339 e. The fraction of sp³-hybridized carbons (Fsp3) is 0.333. The van der Waals surface area contributed by atoms with Gasteiger partial charge in [-0.25, -0.2) is 0 Å². The molecule has 1 heterocycles. The average molecular weight is 405 g/mol. The van der Waals surface area contributed by atoms with Crippen LogP contribution in [0.3, 0.4) is 0 Å². The van der Waals surface area contributed by atoms with Gasteiger partial charge in [0.15, 0.2) is 0 Å². The molecule has 0 aliphatic carbocycles. The predicted molar refractivity (Wildman–Crippen MR) is 110 cm³/mol. The van der Waals surface area contributed by atoms with E-state index >= 15 is 0 Å². The number of rotatable bonds is 5. The third-order valence-electron chi connectivity index (χ3n) is 4.68. The number of benzene rings is 2. The molecule has 2 amide bonds. The van der Waals surface area contributed by atoms with Crippen molar-refractivity contribution in [1.82, 2.24) is 4.90 Å². The smallest absolute Gasteiger partial charge is 0.253 e. The van der Waals surface area contributed by atoms with Crippen molar-refractivity contribution in [3.63, 3.8) is 0 Å². The van der Waals surface area contributed by atoms with Crippen molar-refractivity contribution in [2.24, 2.45) is 0 Å². The first-order valence-corrected chi connectivity index (χ1v) is 9.91. The Balaban J connectivity index is 1.52. The molecule has 4 nitrogen and oxygen atoms in total. The highest BCUT2D eigenvalue weighted by Crippen LogP contribution is 2.23. The van der Waals surface area contributed by atoms with E-state index in [1.807, 2.05) is 11.0 Å². The third kappa shape index (κ3) is 5.47. The fourth-order valence-corrected chi connectivity index (χ4v) is 3.47. The van der Waals surface area contributed by atoms with E-state index < -0.39 is 0 Å². The van der Waals surface area contributed by atoms with Crippen LogP contribution in [-0.2, 0) is 11.2 Å². The van der Waals surface area contributed by atoms with Crippen LogP contribution in [0.15, 0.2) is 42.5 Å². The average Bonchev–Trinajstić information content (AvgIpc) is 2.69. The normalized spacial score (nSPS) is 14.1. The van der Waals surface area contributed by atoms with Crippen LogP contribution in [0.2, 0.25) is 10.0 Å². The van der Waals surface area contributed by atoms with Gasteiger partial charge in [-0.2, -0.15) is 0 Å². The maximum absolute atomic E-state index is 12.5. The quantitative estimate of drug-likeness (QED) is 0.744. The lowest BCUT2D eigenvalue weighted by atomic mass is 10.1. The molecule has 1 fully saturated rings. The summed E-state index contributed by atoms with van der Waals surface area (Å²) in [5.74, 6) is -0.0247. The van der Waals surface area contributed by atoms with E-state index in [0.717, 1.165) is 31.5 Å². The highest BCUT2D eigenvalue weighted by molar-refractivity contribution is 6.42. The number of hydrogen-bond donors (Lipinski definition) is 1. The second kappa shape index (κ2) is 9.25. The second-order valence-electron chi connectivity index (χ2n) is 6.73. The first kappa shape index (κ1) is 19.7. The number of halogens is 2. The van der Waals surface area contributed by atoms with E-state index in [0.29, 0.717) is 34.1 Å². The van der Waals surface area contributed by atoms with Crippen LogP contribution in [0, 0.1) is 0 Å². The monoisotopic (exact) mass is 404 g/mol. The Morgan fingerprint density at radius 2 is 1.63 bits per heavy atom. The molecule has 27 heavy (non-hydrogen) atoms. The fourth-order valence-electron chi connectivity index (χ4n) is 3.15. The van der Waals surface area contributed by atoms with Gasteiger partial charge < -0.3 is 10.2 Å². The molecule has 6 heteroatoms. The summed E-state index contributed by atoms with van der Waals surface area (Å²) in [5, 5.41) is 3.85. The number of amides is 2. The summed E-state index contributed by atoms with van der Waals surface area (Å²) in [6, 6.07) is 12.5. The van der Waals surface area contributed by atoms with E-state index in [1.54, 1.807) is 36.4 Å². The largest absolute Gasteiger partial charge is 0.339 e. The molecule has 1 aliphatic heterocycles. The van der Waals surface area contributed by atoms with Crippen LogP contribution in [0.25, 0.3) is 0 Å². The van der Waals surface area contributed by atoms with Crippen molar-refractivity contribution >= 4 is 40.7 Å². The molecule has 3 rings (SSSR count). The van der Waals surface area contributed by atoms with Gasteiger partial charge in [0.05, 0.1) is 10.0 Å². The summed E-state index contributed by atoms with van der Waals surface area (Å²) in [7, 11) is 0. The lowest BCUT2D eigenvalue weighted by molar-refractivity contribution is -0.116. The van der Waals surface area contributed by atoms with Crippen molar-refractivity contribution < 1.29 is 9.59 Å². The third-order valence-corrected chi connectivity index (χ3v) is 5.42. The summed E-state index contributed by atoms with van der Waals surface area (Å²) < 4.78 is 0. The lowest BCUT2D eigenvalue weighted by Crippen LogP contribution is -2.35. The molecule has 2 aromatic carbocycles. The molecule has 1 N–H and O–H groups in total. The molecule has 0 atom stereocenters. The zero-order chi connectivity index (χ0) is 19.2. The number of piperidine rings is 1. The van der Waals surface area contributed by atoms with E-state index in [1.165, 1.54) is 6.42 Å². The van der Waals surface area contributed by atoms with Crippen LogP contribution in [0.1, 0.15) is 41.6 Å². The maximum Gasteiger partial charge on any atom is 0.253 e. The molecule has 0 unspecified atom stereocenters. The van der Waals surface area contributed by atoms with Crippen molar-refractivity contribution in [3.8, 4) is 0 Å². The predicted octanol–water partition coefficient (Wildman–Crippen LogP) is 5.19. The number of nitrogens with one attached hydrogen (secondary N) is 1. The lowest BCUT2D eigenvalue weighted by Gasteiger charge is -2.26. The van der Waals surface area contributed by atoms with Crippen molar-refractivity contribution in [2.45, 2.75) is 32.1 Å². The SMILES string of the molecule is O=C(CCc1ccc(Cl)c(Cl)c1)Nc1ccc(C(=O)N2CCCCC2)cc1. The summed E-state index contributed by atoms with van der Waals surface area (Å²) >= 11 is 11.9. The summed E-state index contributed by atoms with van der Waals surface area (Å²) in [4.78, 5) is 26.5. The Morgan fingerprint density at radius 3 is 2.30 bits per heavy atom. The summed E-state index contributed by atoms with van der Waals surface area (Å²) in [6.45, 7) is 1.65. The molecule has 1 saturated heterocycles. The number of hydrogen-bond acceptors (Lipinski definition) is 2. The van der Waals surface area contributed by atoms with Crippen molar-refractivity contribution in [3.05, 3.63) is 63.6 Å². The number of carbonyl (C=O) groups excluding carboxylic acids is 2. The van der Waals surface area contributed by atoms with Gasteiger partial charge in [0.25, 0.3) is 5.91 Å². The minimum absolute atomic E-state index is 0.0622. The number of anilines is 1. The standard InChI is InChI=1S/C21H22Cl2N2O2/c22-18-10-4-15(14-19(18)23)5-11-20(26)24-17-8-6-16(7-9-17)21(27)25-12-2-1-3-13-25/h4,6-10,14H,1-3,5,11-13H2,(H,24,26). The van der Waals surface area contributed by atoms with Gasteiger partial charge in [-0.3, -0.25) is 9.59 Å². The van der Waals surface area contributed by atoms with Crippen molar-refractivity contribution in [2.75, 3.05) is 18.4 Å². The van der Waals surface area contributed by atoms with E-state index in [4.69, 9.17) is 23.2 Å². The Bertz CT molecular complexity index is 815. The topological polar surface area (TPSA) is 49.4 Å². The number of nitrogens with zero attached hydrogens (tertiary/aromatic N) is 1. The summed E-state index contributed by atoms with van der Waals surface area (Å²) in [6.07, 6.45) is 4.25. The molecule has 2 aromatic rings. The zero-order valence-corrected chi connectivity index (χ0v) is 16.5. The number of carbonyl (C=O) groups is 2. The van der Waals surface area contributed by atoms with Gasteiger partial charge in [-0.05, 0) is 67.6 Å². The molecule has 0 spiro atoms.